The lowest BCUT2D eigenvalue weighted by molar-refractivity contribution is -0.116. The number of anilines is 1. The highest BCUT2D eigenvalue weighted by atomic mass is 16.5. The molecule has 1 amide bonds. The molecular weight excluding hydrogens is 256 g/mol. The van der Waals surface area contributed by atoms with Gasteiger partial charge >= 0.3 is 0 Å². The van der Waals surface area contributed by atoms with Gasteiger partial charge in [-0.15, -0.1) is 0 Å². The number of hydrogen-bond acceptors (Lipinski definition) is 4. The van der Waals surface area contributed by atoms with Crippen LogP contribution in [0.15, 0.2) is 24.3 Å². The van der Waals surface area contributed by atoms with Gasteiger partial charge in [-0.2, -0.15) is 0 Å². The number of methoxy groups -OCH3 is 1. The number of ether oxygens (including phenoxy) is 1. The third-order valence-electron chi connectivity index (χ3n) is 3.45. The normalized spacial score (nSPS) is 14.3. The molecule has 1 saturated carbocycles. The Bertz CT molecular complexity index is 429. The highest BCUT2D eigenvalue weighted by Gasteiger charge is 2.28. The molecule has 0 aliphatic heterocycles. The summed E-state index contributed by atoms with van der Waals surface area (Å²) in [5.74, 6) is 0.768. The molecule has 0 saturated heterocycles. The van der Waals surface area contributed by atoms with E-state index in [0.29, 0.717) is 25.6 Å². The van der Waals surface area contributed by atoms with Crippen molar-refractivity contribution in [2.24, 2.45) is 0 Å². The Labute approximate surface area is 119 Å². The Morgan fingerprint density at radius 3 is 2.60 bits per heavy atom. The molecule has 20 heavy (non-hydrogen) atoms. The van der Waals surface area contributed by atoms with Crippen molar-refractivity contribution < 1.29 is 14.6 Å². The van der Waals surface area contributed by atoms with E-state index in [4.69, 9.17) is 9.84 Å². The second-order valence-corrected chi connectivity index (χ2v) is 5.02. The molecule has 5 heteroatoms. The van der Waals surface area contributed by atoms with E-state index in [2.05, 4.69) is 10.2 Å². The number of rotatable bonds is 8. The van der Waals surface area contributed by atoms with Crippen molar-refractivity contribution in [3.05, 3.63) is 24.3 Å². The monoisotopic (exact) mass is 278 g/mol. The Kier molecular flexibility index (Phi) is 5.38. The number of carbonyl (C=O) groups excluding carboxylic acids is 1. The average Bonchev–Trinajstić information content (AvgIpc) is 3.29. The van der Waals surface area contributed by atoms with Crippen LogP contribution in [0.25, 0.3) is 0 Å². The lowest BCUT2D eigenvalue weighted by Gasteiger charge is -2.20. The first kappa shape index (κ1) is 14.8. The van der Waals surface area contributed by atoms with E-state index < -0.39 is 0 Å². The fraction of sp³-hybridized carbons (Fsp3) is 0.533. The lowest BCUT2D eigenvalue weighted by atomic mass is 10.3. The number of carbonyl (C=O) groups is 1. The van der Waals surface area contributed by atoms with Crippen LogP contribution in [0.5, 0.6) is 5.75 Å². The summed E-state index contributed by atoms with van der Waals surface area (Å²) in [6.07, 6.45) is 2.81. The van der Waals surface area contributed by atoms with Gasteiger partial charge in [0.15, 0.2) is 0 Å². The van der Waals surface area contributed by atoms with Crippen molar-refractivity contribution in [1.82, 2.24) is 4.90 Å². The van der Waals surface area contributed by atoms with Crippen LogP contribution < -0.4 is 10.1 Å². The van der Waals surface area contributed by atoms with Crippen LogP contribution in [-0.2, 0) is 4.79 Å². The summed E-state index contributed by atoms with van der Waals surface area (Å²) in [5, 5.41) is 11.9. The van der Waals surface area contributed by atoms with Gasteiger partial charge < -0.3 is 15.2 Å². The summed E-state index contributed by atoms with van der Waals surface area (Å²) in [4.78, 5) is 14.1. The number of benzene rings is 1. The second kappa shape index (κ2) is 7.26. The number of amides is 1. The Morgan fingerprint density at radius 2 is 2.05 bits per heavy atom. The van der Waals surface area contributed by atoms with Crippen LogP contribution in [0.2, 0.25) is 0 Å². The smallest absolute Gasteiger partial charge is 0.225 e. The van der Waals surface area contributed by atoms with Crippen LogP contribution in [0, 0.1) is 0 Å². The molecular formula is C15H22N2O3. The van der Waals surface area contributed by atoms with E-state index in [9.17, 15) is 4.79 Å². The molecule has 1 aliphatic carbocycles. The first-order valence-electron chi connectivity index (χ1n) is 7.01. The van der Waals surface area contributed by atoms with Crippen LogP contribution >= 0.6 is 0 Å². The van der Waals surface area contributed by atoms with Crippen molar-refractivity contribution in [1.29, 1.82) is 0 Å². The summed E-state index contributed by atoms with van der Waals surface area (Å²) in [6.45, 7) is 1.50. The van der Waals surface area contributed by atoms with Crippen LogP contribution in [-0.4, -0.2) is 48.8 Å². The second-order valence-electron chi connectivity index (χ2n) is 5.02. The first-order valence-corrected chi connectivity index (χ1v) is 7.01. The first-order chi connectivity index (χ1) is 9.72. The maximum atomic E-state index is 11.9. The van der Waals surface area contributed by atoms with Crippen LogP contribution in [0.3, 0.4) is 0 Å². The molecule has 0 heterocycles. The molecule has 2 N–H and O–H groups in total. The molecule has 1 aromatic carbocycles. The molecule has 1 fully saturated rings. The predicted octanol–water partition coefficient (Wildman–Crippen LogP) is 1.48. The number of aliphatic hydroxyl groups is 1. The average molecular weight is 278 g/mol. The molecule has 0 unspecified atom stereocenters. The minimum Gasteiger partial charge on any atom is -0.497 e. The van der Waals surface area contributed by atoms with Crippen molar-refractivity contribution in [2.75, 3.05) is 32.1 Å². The topological polar surface area (TPSA) is 61.8 Å². The molecule has 0 atom stereocenters. The Hall–Kier alpha value is -1.59. The van der Waals surface area contributed by atoms with E-state index in [1.165, 1.54) is 12.8 Å². The molecule has 1 aliphatic rings. The predicted molar refractivity (Wildman–Crippen MR) is 77.9 cm³/mol. The van der Waals surface area contributed by atoms with Gasteiger partial charge in [-0.1, -0.05) is 0 Å². The number of nitrogens with one attached hydrogen (secondary N) is 1. The molecule has 5 nitrogen and oxygen atoms in total. The zero-order chi connectivity index (χ0) is 14.4. The van der Waals surface area contributed by atoms with Crippen molar-refractivity contribution in [2.45, 2.75) is 25.3 Å². The number of nitrogens with zero attached hydrogens (tertiary/aromatic N) is 1. The van der Waals surface area contributed by atoms with Crippen molar-refractivity contribution >= 4 is 11.6 Å². The zero-order valence-corrected chi connectivity index (χ0v) is 11.8. The Balaban J connectivity index is 1.76. The van der Waals surface area contributed by atoms with Gasteiger partial charge in [0, 0.05) is 31.2 Å². The molecule has 0 aromatic heterocycles. The minimum atomic E-state index is -0.00115. The summed E-state index contributed by atoms with van der Waals surface area (Å²) in [6, 6.07) is 7.85. The molecule has 0 spiro atoms. The van der Waals surface area contributed by atoms with Crippen molar-refractivity contribution in [3.8, 4) is 5.75 Å². The minimum absolute atomic E-state index is 0.00115. The van der Waals surface area contributed by atoms with Gasteiger partial charge in [0.05, 0.1) is 13.7 Å². The lowest BCUT2D eigenvalue weighted by Crippen LogP contribution is -2.32. The summed E-state index contributed by atoms with van der Waals surface area (Å²) in [7, 11) is 1.61. The van der Waals surface area contributed by atoms with Gasteiger partial charge in [-0.3, -0.25) is 9.69 Å². The van der Waals surface area contributed by atoms with Crippen molar-refractivity contribution in [3.63, 3.8) is 0 Å². The van der Waals surface area contributed by atoms with E-state index in [1.54, 1.807) is 7.11 Å². The van der Waals surface area contributed by atoms with E-state index in [1.807, 2.05) is 24.3 Å². The highest BCUT2D eigenvalue weighted by molar-refractivity contribution is 5.90. The molecule has 0 bridgehead atoms. The third-order valence-corrected chi connectivity index (χ3v) is 3.45. The molecule has 1 aromatic rings. The summed E-state index contributed by atoms with van der Waals surface area (Å²) in [5.41, 5.74) is 0.774. The maximum absolute atomic E-state index is 11.9. The van der Waals surface area contributed by atoms with Gasteiger partial charge in [-0.25, -0.2) is 0 Å². The van der Waals surface area contributed by atoms with E-state index in [-0.39, 0.29) is 12.5 Å². The van der Waals surface area contributed by atoms with E-state index >= 15 is 0 Å². The number of aliphatic hydroxyl groups excluding tert-OH is 1. The van der Waals surface area contributed by atoms with Gasteiger partial charge in [0.1, 0.15) is 5.75 Å². The highest BCUT2D eigenvalue weighted by Crippen LogP contribution is 2.26. The fourth-order valence-electron chi connectivity index (χ4n) is 2.19. The zero-order valence-electron chi connectivity index (χ0n) is 11.8. The SMILES string of the molecule is COc1ccc(NC(=O)CCN(CCO)C2CC2)cc1. The largest absolute Gasteiger partial charge is 0.497 e. The van der Waals surface area contributed by atoms with Crippen LogP contribution in [0.4, 0.5) is 5.69 Å². The quantitative estimate of drug-likeness (QED) is 0.756. The van der Waals surface area contributed by atoms with Crippen LogP contribution in [0.1, 0.15) is 19.3 Å². The summed E-state index contributed by atoms with van der Waals surface area (Å²) < 4.78 is 5.07. The molecule has 0 radical (unpaired) electrons. The van der Waals surface area contributed by atoms with E-state index in [0.717, 1.165) is 11.4 Å². The molecule has 2 rings (SSSR count). The number of hydrogen-bond donors (Lipinski definition) is 2. The van der Waals surface area contributed by atoms with Gasteiger partial charge in [-0.05, 0) is 37.1 Å². The molecule has 110 valence electrons. The third kappa shape index (κ3) is 4.51. The summed E-state index contributed by atoms with van der Waals surface area (Å²) >= 11 is 0. The van der Waals surface area contributed by atoms with Gasteiger partial charge in [0.25, 0.3) is 0 Å². The Morgan fingerprint density at radius 1 is 1.35 bits per heavy atom. The standard InChI is InChI=1S/C15H22N2O3/c1-20-14-6-2-12(3-7-14)16-15(19)8-9-17(10-11-18)13-4-5-13/h2-3,6-7,13,18H,4-5,8-11H2,1H3,(H,16,19). The maximum Gasteiger partial charge on any atom is 0.225 e. The fourth-order valence-corrected chi connectivity index (χ4v) is 2.19. The van der Waals surface area contributed by atoms with Gasteiger partial charge in [0.2, 0.25) is 5.91 Å².